The molecule has 4 nitrogen and oxygen atoms in total. The van der Waals surface area contributed by atoms with Crippen LogP contribution in [0.25, 0.3) is 21.5 Å². The van der Waals surface area contributed by atoms with Gasteiger partial charge in [-0.3, -0.25) is 9.59 Å². The van der Waals surface area contributed by atoms with Gasteiger partial charge in [-0.05, 0) is 45.3 Å². The predicted octanol–water partition coefficient (Wildman–Crippen LogP) is 5.13. The van der Waals surface area contributed by atoms with Crippen LogP contribution in [-0.4, -0.2) is 17.9 Å². The Hall–Kier alpha value is -3.08. The van der Waals surface area contributed by atoms with Crippen LogP contribution >= 0.6 is 23.2 Å². The zero-order chi connectivity index (χ0) is 21.3. The van der Waals surface area contributed by atoms with E-state index in [9.17, 15) is 9.59 Å². The number of rotatable bonds is 5. The highest BCUT2D eigenvalue weighted by Crippen LogP contribution is 2.29. The van der Waals surface area contributed by atoms with Gasteiger partial charge in [-0.2, -0.15) is 0 Å². The molecule has 0 saturated heterocycles. The molecule has 6 heteroatoms. The van der Waals surface area contributed by atoms with E-state index in [1.54, 1.807) is 18.2 Å². The van der Waals surface area contributed by atoms with Gasteiger partial charge in [0.25, 0.3) is 5.91 Å². The summed E-state index contributed by atoms with van der Waals surface area (Å²) in [6.07, 6.45) is 0.0995. The van der Waals surface area contributed by atoms with Gasteiger partial charge < -0.3 is 11.1 Å². The molecule has 4 aromatic carbocycles. The molecule has 0 aliphatic carbocycles. The number of hydrogen-bond donors (Lipinski definition) is 2. The molecular weight excluding hydrogens is 419 g/mol. The number of halogens is 2. The van der Waals surface area contributed by atoms with Crippen LogP contribution in [0, 0.1) is 0 Å². The van der Waals surface area contributed by atoms with Crippen molar-refractivity contribution in [1.29, 1.82) is 0 Å². The fourth-order valence-corrected chi connectivity index (χ4v) is 4.19. The summed E-state index contributed by atoms with van der Waals surface area (Å²) in [7, 11) is 0. The minimum atomic E-state index is -0.965. The largest absolute Gasteiger partial charge is 0.368 e. The monoisotopic (exact) mass is 436 g/mol. The smallest absolute Gasteiger partial charge is 0.253 e. The van der Waals surface area contributed by atoms with Crippen molar-refractivity contribution < 1.29 is 9.59 Å². The van der Waals surface area contributed by atoms with Gasteiger partial charge in [0.1, 0.15) is 6.04 Å². The lowest BCUT2D eigenvalue weighted by Gasteiger charge is -2.19. The minimum absolute atomic E-state index is 0.0995. The maximum absolute atomic E-state index is 13.4. The third-order valence-electron chi connectivity index (χ3n) is 5.12. The maximum atomic E-state index is 13.4. The van der Waals surface area contributed by atoms with E-state index in [0.717, 1.165) is 21.5 Å². The normalized spacial score (nSPS) is 12.1. The zero-order valence-electron chi connectivity index (χ0n) is 15.9. The number of nitrogens with two attached hydrogens (primary N) is 1. The van der Waals surface area contributed by atoms with Gasteiger partial charge in [0.05, 0.1) is 5.56 Å². The van der Waals surface area contributed by atoms with Crippen LogP contribution in [-0.2, 0) is 11.2 Å². The third-order valence-corrected chi connectivity index (χ3v) is 5.83. The van der Waals surface area contributed by atoms with E-state index in [2.05, 4.69) is 5.32 Å². The summed E-state index contributed by atoms with van der Waals surface area (Å²) < 4.78 is 0. The average molecular weight is 437 g/mol. The summed E-state index contributed by atoms with van der Waals surface area (Å²) in [6.45, 7) is 0. The van der Waals surface area contributed by atoms with E-state index in [-0.39, 0.29) is 12.3 Å². The fraction of sp³-hybridized carbons (Fsp3) is 0.0833. The van der Waals surface area contributed by atoms with Crippen LogP contribution in [0.5, 0.6) is 0 Å². The van der Waals surface area contributed by atoms with Gasteiger partial charge in [0, 0.05) is 16.5 Å². The Kier molecular flexibility index (Phi) is 5.62. The first-order valence-corrected chi connectivity index (χ1v) is 10.1. The number of carbonyl (C=O) groups excluding carboxylic acids is 2. The van der Waals surface area contributed by atoms with E-state index < -0.39 is 11.9 Å². The zero-order valence-corrected chi connectivity index (χ0v) is 17.4. The van der Waals surface area contributed by atoms with Crippen molar-refractivity contribution in [3.8, 4) is 0 Å². The molecule has 0 aliphatic rings. The summed E-state index contributed by atoms with van der Waals surface area (Å²) >= 11 is 12.5. The first-order chi connectivity index (χ1) is 14.5. The number of benzene rings is 4. The van der Waals surface area contributed by atoms with E-state index in [0.29, 0.717) is 21.2 Å². The number of amides is 2. The molecule has 4 aromatic rings. The molecule has 150 valence electrons. The molecular formula is C24H18Cl2N2O2. The molecule has 2 amide bonds. The summed E-state index contributed by atoms with van der Waals surface area (Å²) in [5.41, 5.74) is 6.66. The summed E-state index contributed by atoms with van der Waals surface area (Å²) in [6, 6.07) is 21.4. The van der Waals surface area contributed by atoms with Gasteiger partial charge in [-0.1, -0.05) is 77.8 Å². The summed E-state index contributed by atoms with van der Waals surface area (Å²) in [5, 5.41) is 7.09. The van der Waals surface area contributed by atoms with Crippen LogP contribution < -0.4 is 11.1 Å². The molecule has 30 heavy (non-hydrogen) atoms. The Balaban J connectivity index is 1.76. The number of hydrogen-bond acceptors (Lipinski definition) is 2. The molecule has 0 fully saturated rings. The van der Waals surface area contributed by atoms with Crippen LogP contribution in [0.1, 0.15) is 15.9 Å². The molecule has 1 atom stereocenters. The molecule has 0 radical (unpaired) electrons. The highest BCUT2D eigenvalue weighted by Gasteiger charge is 2.24. The lowest BCUT2D eigenvalue weighted by molar-refractivity contribution is -0.119. The van der Waals surface area contributed by atoms with E-state index in [1.165, 1.54) is 0 Å². The quantitative estimate of drug-likeness (QED) is 0.425. The molecule has 4 rings (SSSR count). The lowest BCUT2D eigenvalue weighted by Crippen LogP contribution is -2.46. The van der Waals surface area contributed by atoms with Crippen molar-refractivity contribution in [2.75, 3.05) is 0 Å². The predicted molar refractivity (Wildman–Crippen MR) is 122 cm³/mol. The summed E-state index contributed by atoms with van der Waals surface area (Å²) in [5.74, 6) is -1.04. The second-order valence-corrected chi connectivity index (χ2v) is 7.84. The van der Waals surface area contributed by atoms with E-state index in [1.807, 2.05) is 54.6 Å². The van der Waals surface area contributed by atoms with Crippen molar-refractivity contribution in [2.45, 2.75) is 12.5 Å². The Morgan fingerprint density at radius 1 is 0.833 bits per heavy atom. The number of fused-ring (bicyclic) bond motifs is 2. The molecule has 0 aliphatic heterocycles. The molecule has 3 N–H and O–H groups in total. The highest BCUT2D eigenvalue weighted by atomic mass is 35.5. The van der Waals surface area contributed by atoms with Gasteiger partial charge in [-0.15, -0.1) is 0 Å². The molecule has 0 heterocycles. The molecule has 0 bridgehead atoms. The first-order valence-electron chi connectivity index (χ1n) is 9.39. The van der Waals surface area contributed by atoms with Crippen LogP contribution in [0.2, 0.25) is 10.0 Å². The van der Waals surface area contributed by atoms with Gasteiger partial charge in [0.15, 0.2) is 0 Å². The van der Waals surface area contributed by atoms with Gasteiger partial charge in [0.2, 0.25) is 5.91 Å². The van der Waals surface area contributed by atoms with Crippen LogP contribution in [0.4, 0.5) is 0 Å². The number of primary amides is 1. The Bertz CT molecular complexity index is 1210. The van der Waals surface area contributed by atoms with Crippen molar-refractivity contribution in [1.82, 2.24) is 5.32 Å². The Morgan fingerprint density at radius 3 is 1.90 bits per heavy atom. The molecule has 0 aromatic heterocycles. The maximum Gasteiger partial charge on any atom is 0.253 e. The third kappa shape index (κ3) is 3.84. The van der Waals surface area contributed by atoms with Crippen molar-refractivity contribution >= 4 is 56.6 Å². The SMILES string of the molecule is NC(=O)[C@@H](Cc1c(Cl)cccc1Cl)NC(=O)c1c2ccccc2cc2ccccc12. The lowest BCUT2D eigenvalue weighted by atomic mass is 9.95. The first kappa shape index (κ1) is 20.2. The molecule has 0 unspecified atom stereocenters. The summed E-state index contributed by atoms with van der Waals surface area (Å²) in [4.78, 5) is 25.5. The molecule has 0 saturated carbocycles. The topological polar surface area (TPSA) is 72.2 Å². The average Bonchev–Trinajstić information content (AvgIpc) is 2.73. The standard InChI is InChI=1S/C24H18Cl2N2O2/c25-19-10-5-11-20(26)18(19)13-21(23(27)29)28-24(30)22-16-8-3-1-6-14(16)12-15-7-2-4-9-17(15)22/h1-12,21H,13H2,(H2,27,29)(H,28,30)/t21-/m1/s1. The second-order valence-electron chi connectivity index (χ2n) is 7.03. The van der Waals surface area contributed by atoms with Crippen molar-refractivity contribution in [2.24, 2.45) is 5.73 Å². The minimum Gasteiger partial charge on any atom is -0.368 e. The van der Waals surface area contributed by atoms with Crippen LogP contribution in [0.15, 0.2) is 72.8 Å². The van der Waals surface area contributed by atoms with Crippen molar-refractivity contribution in [3.05, 3.63) is 94.0 Å². The van der Waals surface area contributed by atoms with Gasteiger partial charge >= 0.3 is 0 Å². The van der Waals surface area contributed by atoms with Crippen LogP contribution in [0.3, 0.4) is 0 Å². The Morgan fingerprint density at radius 2 is 1.37 bits per heavy atom. The number of nitrogens with one attached hydrogen (secondary N) is 1. The fourth-order valence-electron chi connectivity index (χ4n) is 3.64. The number of carbonyl (C=O) groups is 2. The van der Waals surface area contributed by atoms with Crippen molar-refractivity contribution in [3.63, 3.8) is 0 Å². The van der Waals surface area contributed by atoms with E-state index >= 15 is 0 Å². The Labute approximate surface area is 183 Å². The van der Waals surface area contributed by atoms with Gasteiger partial charge in [-0.25, -0.2) is 0 Å². The second kappa shape index (κ2) is 8.34. The molecule has 0 spiro atoms. The highest BCUT2D eigenvalue weighted by molar-refractivity contribution is 6.36. The van der Waals surface area contributed by atoms with E-state index in [4.69, 9.17) is 28.9 Å².